The third kappa shape index (κ3) is 6.21. The highest BCUT2D eigenvalue weighted by Crippen LogP contribution is 2.31. The lowest BCUT2D eigenvalue weighted by atomic mass is 10.1. The van der Waals surface area contributed by atoms with E-state index in [0.29, 0.717) is 5.69 Å². The summed E-state index contributed by atoms with van der Waals surface area (Å²) in [6.45, 7) is 6.15. The Bertz CT molecular complexity index is 713. The van der Waals surface area contributed by atoms with Crippen molar-refractivity contribution >= 4 is 5.69 Å². The van der Waals surface area contributed by atoms with E-state index >= 15 is 0 Å². The fourth-order valence-corrected chi connectivity index (χ4v) is 3.43. The number of rotatable bonds is 8. The van der Waals surface area contributed by atoms with Crippen LogP contribution in [0.4, 0.5) is 18.9 Å². The topological polar surface area (TPSA) is 31.4 Å². The normalized spacial score (nSPS) is 15.8. The van der Waals surface area contributed by atoms with Gasteiger partial charge in [0.05, 0.1) is 5.56 Å². The summed E-state index contributed by atoms with van der Waals surface area (Å²) in [6.07, 6.45) is 1.58. The maximum Gasteiger partial charge on any atom is 0.416 e. The van der Waals surface area contributed by atoms with Gasteiger partial charge in [0.1, 0.15) is 0 Å². The molecule has 1 aromatic heterocycles. The smallest absolute Gasteiger partial charge is 0.369 e. The van der Waals surface area contributed by atoms with Gasteiger partial charge in [-0.15, -0.1) is 0 Å². The number of aromatic nitrogens is 1. The molecule has 0 spiro atoms. The molecular weight excluding hydrogens is 365 g/mol. The number of hydrogen-bond donors (Lipinski definition) is 1. The van der Waals surface area contributed by atoms with Crippen LogP contribution in [0, 0.1) is 0 Å². The number of nitrogens with one attached hydrogen (secondary N) is 1. The molecule has 0 bridgehead atoms. The Morgan fingerprint density at radius 1 is 1.00 bits per heavy atom. The number of alkyl halides is 3. The fraction of sp³-hybridized carbons (Fsp3) is 0.476. The molecule has 0 atom stereocenters. The van der Waals surface area contributed by atoms with Gasteiger partial charge < -0.3 is 10.2 Å². The summed E-state index contributed by atoms with van der Waals surface area (Å²) in [5.41, 5.74) is 1.27. The first-order valence-corrected chi connectivity index (χ1v) is 9.76. The van der Waals surface area contributed by atoms with Gasteiger partial charge >= 0.3 is 6.18 Å². The molecule has 1 saturated heterocycles. The SMILES string of the molecule is FC(F)(F)c1cccc(N2CCN(CCCCNCc3cccnc3)CC2)c1. The molecule has 0 radical (unpaired) electrons. The number of anilines is 1. The number of benzene rings is 1. The number of nitrogens with zero attached hydrogens (tertiary/aromatic N) is 3. The van der Waals surface area contributed by atoms with Crippen molar-refractivity contribution in [1.29, 1.82) is 0 Å². The van der Waals surface area contributed by atoms with Crippen molar-refractivity contribution in [2.45, 2.75) is 25.6 Å². The van der Waals surface area contributed by atoms with E-state index in [0.717, 1.165) is 64.7 Å². The van der Waals surface area contributed by atoms with Crippen molar-refractivity contribution in [3.8, 4) is 0 Å². The molecule has 2 aromatic rings. The van der Waals surface area contributed by atoms with E-state index in [1.165, 1.54) is 17.7 Å². The highest BCUT2D eigenvalue weighted by molar-refractivity contribution is 5.49. The summed E-state index contributed by atoms with van der Waals surface area (Å²) in [5, 5.41) is 3.43. The second-order valence-electron chi connectivity index (χ2n) is 7.12. The first kappa shape index (κ1) is 20.6. The molecule has 4 nitrogen and oxygen atoms in total. The highest BCUT2D eigenvalue weighted by atomic mass is 19.4. The van der Waals surface area contributed by atoms with Crippen LogP contribution < -0.4 is 10.2 Å². The average Bonchev–Trinajstić information content (AvgIpc) is 2.71. The minimum Gasteiger partial charge on any atom is -0.369 e. The van der Waals surface area contributed by atoms with Crippen LogP contribution in [0.3, 0.4) is 0 Å². The summed E-state index contributed by atoms with van der Waals surface area (Å²) in [4.78, 5) is 8.54. The van der Waals surface area contributed by atoms with Gasteiger partial charge in [0, 0.05) is 50.8 Å². The molecule has 1 aromatic carbocycles. The van der Waals surface area contributed by atoms with Gasteiger partial charge in [-0.3, -0.25) is 9.88 Å². The largest absolute Gasteiger partial charge is 0.416 e. The standard InChI is InChI=1S/C21H27F3N4/c22-21(23,24)19-6-3-7-20(15-19)28-13-11-27(12-14-28)10-2-1-8-25-16-18-5-4-9-26-17-18/h3-7,9,15,17,25H,1-2,8,10-14,16H2. The summed E-state index contributed by atoms with van der Waals surface area (Å²) < 4.78 is 38.7. The van der Waals surface area contributed by atoms with Crippen LogP contribution in [-0.2, 0) is 12.7 Å². The lowest BCUT2D eigenvalue weighted by Gasteiger charge is -2.36. The van der Waals surface area contributed by atoms with Crippen LogP contribution >= 0.6 is 0 Å². The first-order valence-electron chi connectivity index (χ1n) is 9.76. The molecule has 3 rings (SSSR count). The Morgan fingerprint density at radius 3 is 2.54 bits per heavy atom. The molecule has 28 heavy (non-hydrogen) atoms. The molecule has 0 aliphatic carbocycles. The average molecular weight is 392 g/mol. The van der Waals surface area contributed by atoms with E-state index in [2.05, 4.69) is 21.3 Å². The molecule has 1 fully saturated rings. The van der Waals surface area contributed by atoms with E-state index in [4.69, 9.17) is 0 Å². The first-order chi connectivity index (χ1) is 13.5. The third-order valence-electron chi connectivity index (χ3n) is 5.04. The number of unbranched alkanes of at least 4 members (excludes halogenated alkanes) is 1. The van der Waals surface area contributed by atoms with Crippen LogP contribution in [-0.4, -0.2) is 49.2 Å². The van der Waals surface area contributed by atoms with Gasteiger partial charge in [0.25, 0.3) is 0 Å². The highest BCUT2D eigenvalue weighted by Gasteiger charge is 2.31. The lowest BCUT2D eigenvalue weighted by Crippen LogP contribution is -2.46. The van der Waals surface area contributed by atoms with Gasteiger partial charge in [-0.1, -0.05) is 12.1 Å². The molecule has 1 N–H and O–H groups in total. The Balaban J connectivity index is 1.32. The van der Waals surface area contributed by atoms with Gasteiger partial charge in [-0.2, -0.15) is 13.2 Å². The molecule has 1 aliphatic heterocycles. The zero-order valence-corrected chi connectivity index (χ0v) is 16.0. The monoisotopic (exact) mass is 392 g/mol. The summed E-state index contributed by atoms with van der Waals surface area (Å²) in [5.74, 6) is 0. The van der Waals surface area contributed by atoms with E-state index in [1.807, 2.05) is 17.2 Å². The fourth-order valence-electron chi connectivity index (χ4n) is 3.43. The van der Waals surface area contributed by atoms with Gasteiger partial charge in [-0.05, 0) is 55.8 Å². The van der Waals surface area contributed by atoms with Crippen LogP contribution in [0.15, 0.2) is 48.8 Å². The number of pyridine rings is 1. The molecule has 152 valence electrons. The number of hydrogen-bond acceptors (Lipinski definition) is 4. The summed E-state index contributed by atoms with van der Waals surface area (Å²) >= 11 is 0. The van der Waals surface area contributed by atoms with E-state index < -0.39 is 11.7 Å². The van der Waals surface area contributed by atoms with Crippen LogP contribution in [0.2, 0.25) is 0 Å². The zero-order valence-electron chi connectivity index (χ0n) is 16.0. The van der Waals surface area contributed by atoms with Crippen molar-refractivity contribution in [3.05, 3.63) is 59.9 Å². The molecular formula is C21H27F3N4. The zero-order chi connectivity index (χ0) is 19.8. The minimum absolute atomic E-state index is 0.578. The van der Waals surface area contributed by atoms with Crippen molar-refractivity contribution in [1.82, 2.24) is 15.2 Å². The van der Waals surface area contributed by atoms with Crippen LogP contribution in [0.5, 0.6) is 0 Å². The molecule has 0 saturated carbocycles. The van der Waals surface area contributed by atoms with E-state index in [-0.39, 0.29) is 0 Å². The predicted molar refractivity (Wildman–Crippen MR) is 105 cm³/mol. The van der Waals surface area contributed by atoms with Crippen LogP contribution in [0.1, 0.15) is 24.0 Å². The Kier molecular flexibility index (Phi) is 7.28. The number of piperazine rings is 1. The predicted octanol–water partition coefficient (Wildman–Crippen LogP) is 3.79. The van der Waals surface area contributed by atoms with Crippen molar-refractivity contribution in [2.75, 3.05) is 44.2 Å². The van der Waals surface area contributed by atoms with Crippen molar-refractivity contribution in [2.24, 2.45) is 0 Å². The Labute approximate surface area is 164 Å². The number of halogens is 3. The molecule has 1 aliphatic rings. The van der Waals surface area contributed by atoms with Crippen LogP contribution in [0.25, 0.3) is 0 Å². The molecule has 2 heterocycles. The maximum atomic E-state index is 12.9. The van der Waals surface area contributed by atoms with Gasteiger partial charge in [0.2, 0.25) is 0 Å². The van der Waals surface area contributed by atoms with Gasteiger partial charge in [-0.25, -0.2) is 0 Å². The Hall–Kier alpha value is -2.12. The minimum atomic E-state index is -4.29. The summed E-state index contributed by atoms with van der Waals surface area (Å²) in [7, 11) is 0. The molecule has 7 heteroatoms. The second-order valence-corrected chi connectivity index (χ2v) is 7.12. The second kappa shape index (κ2) is 9.89. The maximum absolute atomic E-state index is 12.9. The summed E-state index contributed by atoms with van der Waals surface area (Å²) in [6, 6.07) is 9.63. The van der Waals surface area contributed by atoms with E-state index in [9.17, 15) is 13.2 Å². The molecule has 0 amide bonds. The third-order valence-corrected chi connectivity index (χ3v) is 5.04. The van der Waals surface area contributed by atoms with Crippen molar-refractivity contribution < 1.29 is 13.2 Å². The van der Waals surface area contributed by atoms with Crippen molar-refractivity contribution in [3.63, 3.8) is 0 Å². The van der Waals surface area contributed by atoms with E-state index in [1.54, 1.807) is 12.3 Å². The lowest BCUT2D eigenvalue weighted by molar-refractivity contribution is -0.137. The Morgan fingerprint density at radius 2 is 1.82 bits per heavy atom. The quantitative estimate of drug-likeness (QED) is 0.693. The van der Waals surface area contributed by atoms with Gasteiger partial charge in [0.15, 0.2) is 0 Å². The molecule has 0 unspecified atom stereocenters.